The number of aliphatic hydroxyl groups is 1. The summed E-state index contributed by atoms with van der Waals surface area (Å²) in [7, 11) is -3.89. The molecule has 1 fully saturated rings. The third-order valence-corrected chi connectivity index (χ3v) is 21.5. The first-order chi connectivity index (χ1) is 17.3. The van der Waals surface area contributed by atoms with Gasteiger partial charge in [0.1, 0.15) is 25.7 Å². The number of hydrogen-bond donors (Lipinski definition) is 1. The molecule has 0 spiro atoms. The number of hydrogen-bond acceptors (Lipinski definition) is 4. The summed E-state index contributed by atoms with van der Waals surface area (Å²) < 4.78 is 13.2. The van der Waals surface area contributed by atoms with Crippen LogP contribution in [0.5, 0.6) is 0 Å². The second-order valence-corrected chi connectivity index (χ2v) is 25.4. The molecule has 2 unspecified atom stereocenters. The molecule has 218 valence electrons. The predicted molar refractivity (Wildman–Crippen MR) is 166 cm³/mol. The third kappa shape index (κ3) is 6.50. The van der Waals surface area contributed by atoms with E-state index >= 15 is 0 Å². The lowest BCUT2D eigenvalue weighted by molar-refractivity contribution is -0.133. The summed E-state index contributed by atoms with van der Waals surface area (Å²) in [6.07, 6.45) is 2.67. The Hall–Kier alpha value is -0.956. The first kappa shape index (κ1) is 33.3. The van der Waals surface area contributed by atoms with E-state index in [1.807, 2.05) is 6.07 Å². The summed E-state index contributed by atoms with van der Waals surface area (Å²) in [5.74, 6) is 0.502. The molecule has 0 saturated heterocycles. The van der Waals surface area contributed by atoms with Crippen molar-refractivity contribution in [3.05, 3.63) is 29.0 Å². The van der Waals surface area contributed by atoms with Gasteiger partial charge in [-0.05, 0) is 65.4 Å². The minimum atomic E-state index is -1.97. The minimum Gasteiger partial charge on any atom is -0.468 e. The Bertz CT molecular complexity index is 958. The number of Topliss-reactive ketones (excluding diaryl/α,β-unsaturated/α-hetero) is 1. The van der Waals surface area contributed by atoms with E-state index in [-0.39, 0.29) is 16.7 Å². The quantitative estimate of drug-likeness (QED) is 0.229. The molecule has 4 atom stereocenters. The number of rotatable bonds is 10. The van der Waals surface area contributed by atoms with Crippen molar-refractivity contribution >= 4 is 27.6 Å². The van der Waals surface area contributed by atoms with Crippen LogP contribution in [-0.4, -0.2) is 33.9 Å². The number of ketones is 1. The number of carbonyl (C=O) groups is 1. The van der Waals surface area contributed by atoms with E-state index in [1.54, 1.807) is 0 Å². The van der Waals surface area contributed by atoms with Crippen LogP contribution in [0, 0.1) is 24.7 Å². The normalized spacial score (nSPS) is 23.2. The van der Waals surface area contributed by atoms with Crippen LogP contribution in [0.3, 0.4) is 0 Å². The molecule has 0 radical (unpaired) electrons. The van der Waals surface area contributed by atoms with E-state index < -0.39 is 28.4 Å². The molecule has 1 aliphatic carbocycles. The van der Waals surface area contributed by atoms with Crippen molar-refractivity contribution in [2.45, 2.75) is 137 Å². The molecular weight excluding hydrogens is 505 g/mol. The maximum absolute atomic E-state index is 13.4. The first-order valence-corrected chi connectivity index (χ1v) is 20.0. The lowest BCUT2D eigenvalue weighted by atomic mass is 9.68. The molecule has 0 bridgehead atoms. The summed E-state index contributed by atoms with van der Waals surface area (Å²) in [6, 6.07) is 1.99. The molecule has 1 aromatic heterocycles. The van der Waals surface area contributed by atoms with Crippen molar-refractivity contribution in [3.8, 4) is 0 Å². The predicted octanol–water partition coefficient (Wildman–Crippen LogP) is 8.71. The largest absolute Gasteiger partial charge is 0.468 e. The van der Waals surface area contributed by atoms with Gasteiger partial charge in [-0.25, -0.2) is 0 Å². The van der Waals surface area contributed by atoms with Gasteiger partial charge in [0.15, 0.2) is 0 Å². The van der Waals surface area contributed by atoms with Gasteiger partial charge in [0.25, 0.3) is 0 Å². The second kappa shape index (κ2) is 12.3. The topological polar surface area (TPSA) is 59.7 Å². The summed E-state index contributed by atoms with van der Waals surface area (Å²) in [4.78, 5) is 13.4. The minimum absolute atomic E-state index is 0.0141. The molecule has 1 N–H and O–H groups in total. The number of aryl methyl sites for hydroxylation is 1. The Morgan fingerprint density at radius 3 is 2.13 bits per heavy atom. The summed E-state index contributed by atoms with van der Waals surface area (Å²) in [5.41, 5.74) is 3.83. The van der Waals surface area contributed by atoms with Gasteiger partial charge in [-0.15, -0.1) is 0 Å². The SMILES string of the molecule is CC(=CCO[Si](C(C)C)(C(C)C)C(C)C)[C@@H]1C[C@@H](C)CC(=O)C1C(O)c1cc(C)c([Si](C)(C)C(C)(C)C)o1. The van der Waals surface area contributed by atoms with Crippen LogP contribution < -0.4 is 5.38 Å². The highest BCUT2D eigenvalue weighted by Crippen LogP contribution is 2.45. The van der Waals surface area contributed by atoms with Crippen LogP contribution >= 0.6 is 0 Å². The average Bonchev–Trinajstić information content (AvgIpc) is 3.16. The fourth-order valence-electron chi connectivity index (χ4n) is 6.99. The van der Waals surface area contributed by atoms with E-state index in [0.29, 0.717) is 41.3 Å². The standard InChI is InChI=1S/C32H58O4Si2/c1-20(2)38(21(3)4,22(5)6)35-16-15-24(8)26-17-23(7)18-27(33)29(26)30(34)28-19-25(9)31(36-28)37(13,14)32(10,11)12/h15,19-23,26,29-30,34H,16-18H2,1-14H3/t23-,26+,29?,30?/m1/s1. The monoisotopic (exact) mass is 562 g/mol. The second-order valence-electron chi connectivity index (χ2n) is 14.7. The Morgan fingerprint density at radius 1 is 1.13 bits per heavy atom. The summed E-state index contributed by atoms with van der Waals surface area (Å²) in [6.45, 7) is 32.2. The van der Waals surface area contributed by atoms with Gasteiger partial charge in [0, 0.05) is 6.42 Å². The highest BCUT2D eigenvalue weighted by atomic mass is 28.4. The van der Waals surface area contributed by atoms with Gasteiger partial charge in [0.2, 0.25) is 8.32 Å². The lowest BCUT2D eigenvalue weighted by Gasteiger charge is -2.42. The fourth-order valence-corrected chi connectivity index (χ4v) is 14.5. The van der Waals surface area contributed by atoms with Crippen LogP contribution in [-0.2, 0) is 9.22 Å². The number of aliphatic hydroxyl groups excluding tert-OH is 1. The van der Waals surface area contributed by atoms with Crippen LogP contribution in [0.25, 0.3) is 0 Å². The highest BCUT2D eigenvalue weighted by molar-refractivity contribution is 6.91. The molecule has 1 aromatic rings. The molecule has 0 aromatic carbocycles. The van der Waals surface area contributed by atoms with Crippen molar-refractivity contribution in [1.29, 1.82) is 0 Å². The van der Waals surface area contributed by atoms with Crippen LogP contribution in [0.2, 0.25) is 34.8 Å². The van der Waals surface area contributed by atoms with Gasteiger partial charge in [-0.3, -0.25) is 4.79 Å². The zero-order valence-electron chi connectivity index (χ0n) is 27.0. The Kier molecular flexibility index (Phi) is 10.7. The van der Waals surface area contributed by atoms with Crippen molar-refractivity contribution in [3.63, 3.8) is 0 Å². The van der Waals surface area contributed by atoms with Crippen LogP contribution in [0.4, 0.5) is 0 Å². The first-order valence-electron chi connectivity index (χ1n) is 14.9. The number of allylic oxidation sites excluding steroid dienone is 1. The van der Waals surface area contributed by atoms with E-state index in [1.165, 1.54) is 0 Å². The Labute approximate surface area is 236 Å². The lowest BCUT2D eigenvalue weighted by Crippen LogP contribution is -2.49. The maximum atomic E-state index is 13.4. The molecular formula is C32H58O4Si2. The highest BCUT2D eigenvalue weighted by Gasteiger charge is 2.46. The van der Waals surface area contributed by atoms with Gasteiger partial charge in [0.05, 0.1) is 17.9 Å². The molecule has 2 rings (SSSR count). The molecule has 1 heterocycles. The number of furan rings is 1. The van der Waals surface area contributed by atoms with Crippen LogP contribution in [0.1, 0.15) is 106 Å². The molecule has 0 aliphatic heterocycles. The fraction of sp³-hybridized carbons (Fsp3) is 0.781. The molecule has 1 aliphatic rings. The van der Waals surface area contributed by atoms with Crippen molar-refractivity contribution in [1.82, 2.24) is 0 Å². The van der Waals surface area contributed by atoms with Gasteiger partial charge < -0.3 is 13.9 Å². The summed E-state index contributed by atoms with van der Waals surface area (Å²) >= 11 is 0. The van der Waals surface area contributed by atoms with Crippen molar-refractivity contribution in [2.24, 2.45) is 17.8 Å². The zero-order valence-corrected chi connectivity index (χ0v) is 29.0. The smallest absolute Gasteiger partial charge is 0.200 e. The molecule has 38 heavy (non-hydrogen) atoms. The third-order valence-electron chi connectivity index (χ3n) is 10.1. The van der Waals surface area contributed by atoms with Gasteiger partial charge in [-0.1, -0.05) is 94.0 Å². The molecule has 6 heteroatoms. The van der Waals surface area contributed by atoms with E-state index in [2.05, 4.69) is 102 Å². The maximum Gasteiger partial charge on any atom is 0.200 e. The zero-order chi connectivity index (χ0) is 29.4. The Morgan fingerprint density at radius 2 is 1.66 bits per heavy atom. The van der Waals surface area contributed by atoms with Crippen molar-refractivity contribution in [2.75, 3.05) is 6.61 Å². The Balaban J connectivity index is 2.39. The number of carbonyl (C=O) groups excluding carboxylic acids is 1. The summed E-state index contributed by atoms with van der Waals surface area (Å²) in [5, 5.41) is 12.8. The van der Waals surface area contributed by atoms with E-state index in [0.717, 1.165) is 22.9 Å². The molecule has 1 saturated carbocycles. The van der Waals surface area contributed by atoms with Crippen molar-refractivity contribution < 1.29 is 18.7 Å². The van der Waals surface area contributed by atoms with E-state index in [9.17, 15) is 9.90 Å². The van der Waals surface area contributed by atoms with Crippen LogP contribution in [0.15, 0.2) is 22.1 Å². The van der Waals surface area contributed by atoms with Gasteiger partial charge >= 0.3 is 0 Å². The van der Waals surface area contributed by atoms with Gasteiger partial charge in [-0.2, -0.15) is 0 Å². The van der Waals surface area contributed by atoms with E-state index in [4.69, 9.17) is 8.84 Å². The molecule has 0 amide bonds. The molecule has 4 nitrogen and oxygen atoms in total. The average molecular weight is 563 g/mol.